The number of imidazole rings is 2. The van der Waals surface area contributed by atoms with Gasteiger partial charge in [0.1, 0.15) is 36.6 Å². The number of carboxylic acids is 1. The van der Waals surface area contributed by atoms with Gasteiger partial charge in [-0.25, -0.2) is 9.97 Å². The molecule has 23 nitrogen and oxygen atoms in total. The zero-order valence-corrected chi connectivity index (χ0v) is 55.1. The molecule has 94 heavy (non-hydrogen) atoms. The van der Waals surface area contributed by atoms with Crippen molar-refractivity contribution in [2.75, 3.05) is 51.3 Å². The van der Waals surface area contributed by atoms with E-state index < -0.39 is 170 Å². The fourth-order valence-electron chi connectivity index (χ4n) is 24.5. The molecule has 0 aromatic carbocycles. The Kier molecular flexibility index (Phi) is 17.0. The summed E-state index contributed by atoms with van der Waals surface area (Å²) in [5.74, 6) is 1.11. The number of aliphatic carboxylic acids is 1. The van der Waals surface area contributed by atoms with Gasteiger partial charge in [-0.05, 0) is 134 Å². The van der Waals surface area contributed by atoms with E-state index in [1.54, 1.807) is 12.5 Å². The van der Waals surface area contributed by atoms with Crippen molar-refractivity contribution < 1.29 is 69.8 Å². The van der Waals surface area contributed by atoms with Crippen LogP contribution in [0.15, 0.2) is 42.7 Å². The second-order valence-corrected chi connectivity index (χ2v) is 32.8. The number of ether oxygens (including phenoxy) is 2. The van der Waals surface area contributed by atoms with Crippen LogP contribution >= 0.6 is 0 Å². The standard InChI is InChI=1S/C71H103N9O14/c1-64(32-82)19-20-70(63(91)92)44(27-64)42-25-37-11-12-38-9-7-16-69(38)51-40(13-18-71(49-30-74-34-78-49,56(51)80-62(69)90)57(88)41(59(72)89)28-73-21-22-75-39-10-6-8-36(24-39)15-23-81)50-53(86)58(94-61-54(87)52(85)47(84)31-93-61)65(2,33-83)48-14-17-66(3,55(37)67(48,50)4)68(42,5)43-26-46-60(79-35-77-46)76-29-45(43)70/h13,18,23,25,30,34-41,43-45,47-48,50-59,61,73,75-76,82-89H,6-10,14-17,19-22,24,26-29,31-33,72H2,1-5H3,(H,74,78)(H,77,79)(H,80,90)(H,91,92). The lowest BCUT2D eigenvalue weighted by Gasteiger charge is -2.76. The second kappa shape index (κ2) is 24.1. The normalized spacial score (nSPS) is 48.9. The van der Waals surface area contributed by atoms with Crippen LogP contribution in [0.25, 0.3) is 0 Å². The van der Waals surface area contributed by atoms with Gasteiger partial charge in [0.15, 0.2) is 6.29 Å². The van der Waals surface area contributed by atoms with Crippen LogP contribution in [0.2, 0.25) is 0 Å². The number of carboxylic acid groups (broad SMARTS) is 1. The lowest BCUT2D eigenvalue weighted by molar-refractivity contribution is -0.346. The van der Waals surface area contributed by atoms with Gasteiger partial charge in [-0.2, -0.15) is 0 Å². The number of amides is 1. The first-order valence-electron chi connectivity index (χ1n) is 35.3. The lowest BCUT2D eigenvalue weighted by Crippen LogP contribution is -2.76. The van der Waals surface area contributed by atoms with Crippen molar-refractivity contribution in [1.82, 2.24) is 35.9 Å². The molecule has 17 N–H and O–H groups in total. The molecule has 14 rings (SSSR count). The molecule has 516 valence electrons. The molecule has 0 bridgehead atoms. The number of carbonyl (C=O) groups excluding carboxylic acids is 2. The number of rotatable bonds is 17. The summed E-state index contributed by atoms with van der Waals surface area (Å²) in [6.45, 7) is 11.5. The van der Waals surface area contributed by atoms with Gasteiger partial charge in [0.2, 0.25) is 5.91 Å². The molecule has 3 aliphatic heterocycles. The van der Waals surface area contributed by atoms with E-state index in [1.807, 2.05) is 13.0 Å². The molecular weight excluding hydrogens is 1200 g/mol. The Bertz CT molecular complexity index is 3320. The molecule has 0 radical (unpaired) electrons. The van der Waals surface area contributed by atoms with Gasteiger partial charge < -0.3 is 97.2 Å². The number of aliphatic hydroxyl groups excluding tert-OH is 8. The number of aromatic amines is 2. The summed E-state index contributed by atoms with van der Waals surface area (Å²) in [5.41, 5.74) is 0.465. The molecule has 12 aliphatic rings. The number of anilines is 1. The molecule has 8 fully saturated rings. The van der Waals surface area contributed by atoms with E-state index in [4.69, 9.17) is 20.2 Å². The smallest absolute Gasteiger partial charge is 0.310 e. The number of aliphatic hydroxyl groups is 8. The van der Waals surface area contributed by atoms with Crippen molar-refractivity contribution in [2.24, 2.45) is 115 Å². The number of aromatic nitrogens is 4. The van der Waals surface area contributed by atoms with E-state index in [0.29, 0.717) is 101 Å². The Morgan fingerprint density at radius 1 is 0.936 bits per heavy atom. The quantitative estimate of drug-likeness (QED) is 0.0270. The number of allylic oxidation sites excluding steroid dienone is 3. The number of nitrogens with zero attached hydrogens (tertiary/aromatic N) is 2. The highest BCUT2D eigenvalue weighted by Gasteiger charge is 2.80. The molecule has 5 heterocycles. The predicted molar refractivity (Wildman–Crippen MR) is 343 cm³/mol. The minimum atomic E-state index is -1.74. The van der Waals surface area contributed by atoms with E-state index in [9.17, 15) is 55.5 Å². The molecule has 6 saturated carbocycles. The molecule has 23 heteroatoms. The highest BCUT2D eigenvalue weighted by atomic mass is 16.7. The van der Waals surface area contributed by atoms with Gasteiger partial charge in [-0.15, -0.1) is 0 Å². The van der Waals surface area contributed by atoms with Crippen molar-refractivity contribution in [3.8, 4) is 11.8 Å². The van der Waals surface area contributed by atoms with Gasteiger partial charge in [0.05, 0.1) is 72.2 Å². The first kappa shape index (κ1) is 66.6. The summed E-state index contributed by atoms with van der Waals surface area (Å²) in [7, 11) is 0. The Morgan fingerprint density at radius 2 is 1.74 bits per heavy atom. The molecular formula is C71H103N9O14. The third-order valence-corrected chi connectivity index (χ3v) is 29.0. The van der Waals surface area contributed by atoms with Crippen molar-refractivity contribution >= 4 is 24.0 Å². The van der Waals surface area contributed by atoms with Gasteiger partial charge in [0.25, 0.3) is 0 Å². The zero-order chi connectivity index (χ0) is 66.5. The average Bonchev–Trinajstić information content (AvgIpc) is 0.840. The summed E-state index contributed by atoms with van der Waals surface area (Å²) in [5, 5.41) is 124. The van der Waals surface area contributed by atoms with Gasteiger partial charge in [0, 0.05) is 92.1 Å². The van der Waals surface area contributed by atoms with Crippen LogP contribution in [0, 0.1) is 121 Å². The monoisotopic (exact) mass is 1310 g/mol. The fraction of sp³-hybridized carbons (Fsp3) is 0.789. The first-order chi connectivity index (χ1) is 44.9. The Hall–Kier alpha value is -4.65. The van der Waals surface area contributed by atoms with Crippen LogP contribution in [0.1, 0.15) is 129 Å². The van der Waals surface area contributed by atoms with E-state index in [0.717, 1.165) is 43.2 Å². The van der Waals surface area contributed by atoms with Gasteiger partial charge in [-0.3, -0.25) is 9.59 Å². The highest BCUT2D eigenvalue weighted by molar-refractivity contribution is 5.88. The van der Waals surface area contributed by atoms with Crippen LogP contribution in [0.4, 0.5) is 5.82 Å². The second-order valence-electron chi connectivity index (χ2n) is 32.8. The van der Waals surface area contributed by atoms with Crippen molar-refractivity contribution in [3.63, 3.8) is 0 Å². The number of carbonyl (C=O) groups is 3. The number of fused-ring (bicyclic) bond motifs is 9. The maximum absolute atomic E-state index is 16.3. The maximum atomic E-state index is 16.3. The third-order valence-electron chi connectivity index (χ3n) is 29.0. The van der Waals surface area contributed by atoms with Gasteiger partial charge >= 0.3 is 5.97 Å². The molecule has 1 spiro atoms. The van der Waals surface area contributed by atoms with E-state index in [2.05, 4.69) is 87.9 Å². The van der Waals surface area contributed by atoms with E-state index in [1.165, 1.54) is 6.33 Å². The number of hydrogen-bond acceptors (Lipinski definition) is 19. The molecule has 2 aromatic heterocycles. The van der Waals surface area contributed by atoms with Crippen LogP contribution in [0.3, 0.4) is 0 Å². The highest BCUT2D eigenvalue weighted by Crippen LogP contribution is 2.81. The zero-order valence-electron chi connectivity index (χ0n) is 55.1. The van der Waals surface area contributed by atoms with Crippen molar-refractivity contribution in [2.45, 2.75) is 191 Å². The number of nitrogens with two attached hydrogens (primary N) is 1. The Labute approximate surface area is 550 Å². The van der Waals surface area contributed by atoms with Gasteiger partial charge in [-0.1, -0.05) is 83.1 Å². The van der Waals surface area contributed by atoms with Crippen molar-refractivity contribution in [1.29, 1.82) is 0 Å². The Morgan fingerprint density at radius 3 is 2.48 bits per heavy atom. The van der Waals surface area contributed by atoms with E-state index in [-0.39, 0.29) is 37.6 Å². The molecule has 9 aliphatic carbocycles. The number of H-pyrrole nitrogens is 2. The molecule has 2 aromatic rings. The first-order valence-corrected chi connectivity index (χ1v) is 35.3. The summed E-state index contributed by atoms with van der Waals surface area (Å²) in [6.07, 6.45) is 8.96. The minimum Gasteiger partial charge on any atom is -0.481 e. The van der Waals surface area contributed by atoms with Crippen LogP contribution in [0.5, 0.6) is 0 Å². The average molecular weight is 1310 g/mol. The van der Waals surface area contributed by atoms with Crippen molar-refractivity contribution in [3.05, 3.63) is 54.0 Å². The van der Waals surface area contributed by atoms with Crippen LogP contribution in [-0.2, 0) is 35.7 Å². The largest absolute Gasteiger partial charge is 0.481 e. The number of hydrogen-bond donors (Lipinski definition) is 16. The number of aldehydes is 1. The number of nitrogens with one attached hydrogen (secondary N) is 6. The summed E-state index contributed by atoms with van der Waals surface area (Å²) >= 11 is 0. The molecule has 30 atom stereocenters. The summed E-state index contributed by atoms with van der Waals surface area (Å²) in [4.78, 5) is 58.6. The molecule has 30 unspecified atom stereocenters. The third kappa shape index (κ3) is 9.32. The Balaban J connectivity index is 0.961. The lowest BCUT2D eigenvalue weighted by atomic mass is 9.27. The summed E-state index contributed by atoms with van der Waals surface area (Å²) in [6, 6.07) is -0.688. The summed E-state index contributed by atoms with van der Waals surface area (Å²) < 4.78 is 13.0. The molecule has 1 amide bonds. The minimum absolute atomic E-state index is 0.0839. The van der Waals surface area contributed by atoms with Crippen LogP contribution in [-0.4, -0.2) is 191 Å². The molecule has 2 saturated heterocycles. The topological polar surface area (TPSA) is 383 Å². The maximum Gasteiger partial charge on any atom is 0.310 e. The van der Waals surface area contributed by atoms with E-state index >= 15 is 4.79 Å². The predicted octanol–water partition coefficient (Wildman–Crippen LogP) is 2.25. The fourth-order valence-corrected chi connectivity index (χ4v) is 24.5. The SMILES string of the molecule is CC1(CO)CCC2(C(=O)O)C(C1)C1=CC3C#CC4CCCC45C(=O)NC4C5C(C=CC4(c4cnc[nH]4)C(O)C(CNCCNC4CCCC(CC=O)C4)C(N)O)C4C(O)C(OC5OCC(O)C(O)C5O)C(C)(CO)C5CCC(C)(C3C45C)C1(C)C1Cc3[nH]cnc3NCC12. The van der Waals surface area contributed by atoms with Crippen LogP contribution < -0.4 is 27.0 Å².